The van der Waals surface area contributed by atoms with E-state index in [9.17, 15) is 14.9 Å². The molecule has 1 heterocycles. The Bertz CT molecular complexity index is 605. The maximum Gasteiger partial charge on any atom is 0.335 e. The standard InChI is InChI=1S/C16H16N2O3/c17-11-14(15(19)18-8-2-1-3-9-18)10-12-4-6-13(7-5-12)16(20)21/h4-7,10H,1-3,8-9H2,(H,20,21). The second kappa shape index (κ2) is 6.71. The number of carboxylic acids is 1. The van der Waals surface area contributed by atoms with E-state index in [-0.39, 0.29) is 17.0 Å². The van der Waals surface area contributed by atoms with Gasteiger partial charge in [0.2, 0.25) is 0 Å². The second-order valence-electron chi connectivity index (χ2n) is 4.95. The van der Waals surface area contributed by atoms with Crippen LogP contribution in [0.2, 0.25) is 0 Å². The van der Waals surface area contributed by atoms with E-state index in [0.29, 0.717) is 18.7 Å². The summed E-state index contributed by atoms with van der Waals surface area (Å²) in [5, 5.41) is 18.0. The van der Waals surface area contributed by atoms with Gasteiger partial charge < -0.3 is 10.0 Å². The molecule has 1 aliphatic heterocycles. The summed E-state index contributed by atoms with van der Waals surface area (Å²) >= 11 is 0. The number of rotatable bonds is 3. The molecule has 21 heavy (non-hydrogen) atoms. The molecule has 0 spiro atoms. The first-order valence-corrected chi connectivity index (χ1v) is 6.86. The topological polar surface area (TPSA) is 81.4 Å². The molecule has 0 unspecified atom stereocenters. The third-order valence-electron chi connectivity index (χ3n) is 3.46. The number of likely N-dealkylation sites (tertiary alicyclic amines) is 1. The van der Waals surface area contributed by atoms with Crippen LogP contribution in [-0.4, -0.2) is 35.0 Å². The monoisotopic (exact) mass is 284 g/mol. The van der Waals surface area contributed by atoms with Crippen LogP contribution in [0.1, 0.15) is 35.2 Å². The van der Waals surface area contributed by atoms with Crippen LogP contribution < -0.4 is 0 Å². The van der Waals surface area contributed by atoms with Crippen molar-refractivity contribution in [3.05, 3.63) is 41.0 Å². The van der Waals surface area contributed by atoms with Gasteiger partial charge in [0.15, 0.2) is 0 Å². The van der Waals surface area contributed by atoms with E-state index in [4.69, 9.17) is 5.11 Å². The van der Waals surface area contributed by atoms with Gasteiger partial charge in [-0.2, -0.15) is 5.26 Å². The zero-order valence-corrected chi connectivity index (χ0v) is 11.6. The summed E-state index contributed by atoms with van der Waals surface area (Å²) in [7, 11) is 0. The van der Waals surface area contributed by atoms with E-state index in [1.165, 1.54) is 18.2 Å². The van der Waals surface area contributed by atoms with Gasteiger partial charge in [0.25, 0.3) is 5.91 Å². The summed E-state index contributed by atoms with van der Waals surface area (Å²) in [6.07, 6.45) is 4.56. The van der Waals surface area contributed by atoms with E-state index in [2.05, 4.69) is 0 Å². The molecule has 1 saturated heterocycles. The van der Waals surface area contributed by atoms with E-state index in [0.717, 1.165) is 19.3 Å². The fourth-order valence-electron chi connectivity index (χ4n) is 2.30. The van der Waals surface area contributed by atoms with Crippen molar-refractivity contribution in [1.29, 1.82) is 5.26 Å². The zero-order chi connectivity index (χ0) is 15.2. The molecule has 0 bridgehead atoms. The number of carboxylic acid groups (broad SMARTS) is 1. The number of nitriles is 1. The highest BCUT2D eigenvalue weighted by Crippen LogP contribution is 2.15. The van der Waals surface area contributed by atoms with Gasteiger partial charge in [0.05, 0.1) is 5.56 Å². The minimum absolute atomic E-state index is 0.0833. The van der Waals surface area contributed by atoms with Crippen molar-refractivity contribution in [2.75, 3.05) is 13.1 Å². The molecule has 0 aliphatic carbocycles. The quantitative estimate of drug-likeness (QED) is 0.682. The molecule has 5 nitrogen and oxygen atoms in total. The minimum atomic E-state index is -1.00. The maximum absolute atomic E-state index is 12.2. The number of benzene rings is 1. The Morgan fingerprint density at radius 1 is 1.14 bits per heavy atom. The minimum Gasteiger partial charge on any atom is -0.478 e. The molecule has 1 aromatic rings. The van der Waals surface area contributed by atoms with Gasteiger partial charge >= 0.3 is 5.97 Å². The van der Waals surface area contributed by atoms with Gasteiger partial charge in [-0.15, -0.1) is 0 Å². The van der Waals surface area contributed by atoms with Gasteiger partial charge in [-0.05, 0) is 43.0 Å². The molecular formula is C16H16N2O3. The average molecular weight is 284 g/mol. The number of piperidine rings is 1. The lowest BCUT2D eigenvalue weighted by Crippen LogP contribution is -2.36. The molecule has 1 aliphatic rings. The number of aromatic carboxylic acids is 1. The van der Waals surface area contributed by atoms with Gasteiger partial charge in [0, 0.05) is 13.1 Å². The Morgan fingerprint density at radius 3 is 2.29 bits per heavy atom. The predicted molar refractivity (Wildman–Crippen MR) is 77.4 cm³/mol. The number of carbonyl (C=O) groups is 2. The first-order valence-electron chi connectivity index (χ1n) is 6.86. The van der Waals surface area contributed by atoms with Crippen LogP contribution in [0, 0.1) is 11.3 Å². The Kier molecular flexibility index (Phi) is 4.72. The first kappa shape index (κ1) is 14.8. The van der Waals surface area contributed by atoms with Crippen LogP contribution in [0.5, 0.6) is 0 Å². The van der Waals surface area contributed by atoms with Crippen molar-refractivity contribution >= 4 is 18.0 Å². The molecule has 0 radical (unpaired) electrons. The molecule has 0 aromatic heterocycles. The molecule has 1 N–H and O–H groups in total. The number of hydrogen-bond acceptors (Lipinski definition) is 3. The predicted octanol–water partition coefficient (Wildman–Crippen LogP) is 2.30. The summed E-state index contributed by atoms with van der Waals surface area (Å²) in [5.74, 6) is -1.25. The Morgan fingerprint density at radius 2 is 1.76 bits per heavy atom. The normalized spacial score (nSPS) is 15.4. The van der Waals surface area contributed by atoms with Crippen molar-refractivity contribution in [3.63, 3.8) is 0 Å². The van der Waals surface area contributed by atoms with Gasteiger partial charge in [-0.3, -0.25) is 4.79 Å². The molecule has 2 rings (SSSR count). The van der Waals surface area contributed by atoms with Crippen molar-refractivity contribution in [3.8, 4) is 6.07 Å². The summed E-state index contributed by atoms with van der Waals surface area (Å²) in [6.45, 7) is 1.38. The van der Waals surface area contributed by atoms with Crippen LogP contribution in [-0.2, 0) is 4.79 Å². The molecule has 108 valence electrons. The third kappa shape index (κ3) is 3.69. The molecule has 1 fully saturated rings. The Balaban J connectivity index is 2.17. The lowest BCUT2D eigenvalue weighted by molar-refractivity contribution is -0.127. The summed E-state index contributed by atoms with van der Waals surface area (Å²) in [6, 6.07) is 8.02. The Hall–Kier alpha value is -2.61. The van der Waals surface area contributed by atoms with E-state index in [1.807, 2.05) is 6.07 Å². The molecule has 1 amide bonds. The van der Waals surface area contributed by atoms with Gasteiger partial charge in [0.1, 0.15) is 11.6 Å². The Labute approximate surface area is 123 Å². The highest BCUT2D eigenvalue weighted by molar-refractivity contribution is 6.01. The summed E-state index contributed by atoms with van der Waals surface area (Å²) in [5.41, 5.74) is 0.898. The summed E-state index contributed by atoms with van der Waals surface area (Å²) in [4.78, 5) is 24.7. The number of carbonyl (C=O) groups excluding carboxylic acids is 1. The highest BCUT2D eigenvalue weighted by atomic mass is 16.4. The zero-order valence-electron chi connectivity index (χ0n) is 11.6. The second-order valence-corrected chi connectivity index (χ2v) is 4.95. The SMILES string of the molecule is N#CC(=Cc1ccc(C(=O)O)cc1)C(=O)N1CCCCC1. The lowest BCUT2D eigenvalue weighted by atomic mass is 10.1. The third-order valence-corrected chi connectivity index (χ3v) is 3.46. The molecular weight excluding hydrogens is 268 g/mol. The number of amides is 1. The average Bonchev–Trinajstić information content (AvgIpc) is 2.53. The smallest absolute Gasteiger partial charge is 0.335 e. The van der Waals surface area contributed by atoms with Crippen molar-refractivity contribution < 1.29 is 14.7 Å². The van der Waals surface area contributed by atoms with Crippen LogP contribution in [0.4, 0.5) is 0 Å². The lowest BCUT2D eigenvalue weighted by Gasteiger charge is -2.26. The largest absolute Gasteiger partial charge is 0.478 e. The fraction of sp³-hybridized carbons (Fsp3) is 0.312. The van der Waals surface area contributed by atoms with Crippen LogP contribution in [0.3, 0.4) is 0 Å². The van der Waals surface area contributed by atoms with Gasteiger partial charge in [-0.25, -0.2) is 4.79 Å². The number of hydrogen-bond donors (Lipinski definition) is 1. The molecule has 1 aromatic carbocycles. The molecule has 0 saturated carbocycles. The van der Waals surface area contributed by atoms with E-state index >= 15 is 0 Å². The van der Waals surface area contributed by atoms with Crippen LogP contribution in [0.15, 0.2) is 29.8 Å². The highest BCUT2D eigenvalue weighted by Gasteiger charge is 2.20. The molecule has 0 atom stereocenters. The van der Waals surface area contributed by atoms with Crippen molar-refractivity contribution in [2.45, 2.75) is 19.3 Å². The van der Waals surface area contributed by atoms with Crippen molar-refractivity contribution in [2.24, 2.45) is 0 Å². The number of nitrogens with zero attached hydrogens (tertiary/aromatic N) is 2. The summed E-state index contributed by atoms with van der Waals surface area (Å²) < 4.78 is 0. The maximum atomic E-state index is 12.2. The van der Waals surface area contributed by atoms with E-state index < -0.39 is 5.97 Å². The van der Waals surface area contributed by atoms with E-state index in [1.54, 1.807) is 17.0 Å². The molecule has 5 heteroatoms. The van der Waals surface area contributed by atoms with Crippen LogP contribution in [0.25, 0.3) is 6.08 Å². The fourth-order valence-corrected chi connectivity index (χ4v) is 2.30. The first-order chi connectivity index (χ1) is 10.1. The van der Waals surface area contributed by atoms with Gasteiger partial charge in [-0.1, -0.05) is 12.1 Å². The van der Waals surface area contributed by atoms with Crippen LogP contribution >= 0.6 is 0 Å². The van der Waals surface area contributed by atoms with Crippen molar-refractivity contribution in [1.82, 2.24) is 4.90 Å².